The van der Waals surface area contributed by atoms with Crippen LogP contribution >= 0.6 is 0 Å². The minimum atomic E-state index is -0.608. The molecule has 6 heteroatoms. The summed E-state index contributed by atoms with van der Waals surface area (Å²) in [6.45, 7) is 4.43. The first-order valence-electron chi connectivity index (χ1n) is 3.68. The predicted molar refractivity (Wildman–Crippen MR) is 43.0 cm³/mol. The summed E-state index contributed by atoms with van der Waals surface area (Å²) in [5, 5.41) is 10.9. The minimum absolute atomic E-state index is 0.466. The van der Waals surface area contributed by atoms with Crippen LogP contribution in [0.4, 0.5) is 9.59 Å². The number of hydrogen-bond donors (Lipinski definition) is 2. The van der Waals surface area contributed by atoms with E-state index in [0.29, 0.717) is 13.1 Å². The molecule has 0 unspecified atom stereocenters. The SMILES string of the molecule is CCNC(=O)/N=N/C(=O)NCC. The van der Waals surface area contributed by atoms with E-state index in [4.69, 9.17) is 0 Å². The van der Waals surface area contributed by atoms with Gasteiger partial charge in [0.15, 0.2) is 0 Å². The topological polar surface area (TPSA) is 82.9 Å². The van der Waals surface area contributed by atoms with Gasteiger partial charge in [0, 0.05) is 13.1 Å². The van der Waals surface area contributed by atoms with Crippen LogP contribution in [0.25, 0.3) is 0 Å². The van der Waals surface area contributed by atoms with Crippen molar-refractivity contribution in [1.29, 1.82) is 0 Å². The van der Waals surface area contributed by atoms with Crippen molar-refractivity contribution in [2.24, 2.45) is 10.2 Å². The molecule has 6 nitrogen and oxygen atoms in total. The molecule has 0 aromatic heterocycles. The number of urea groups is 2. The Labute approximate surface area is 70.4 Å². The normalized spacial score (nSPS) is 9.83. The van der Waals surface area contributed by atoms with Gasteiger partial charge in [-0.25, -0.2) is 9.59 Å². The highest BCUT2D eigenvalue weighted by atomic mass is 16.2. The lowest BCUT2D eigenvalue weighted by molar-refractivity contribution is 0.241. The van der Waals surface area contributed by atoms with Gasteiger partial charge in [-0.15, -0.1) is 0 Å². The minimum Gasteiger partial charge on any atom is -0.335 e. The maximum absolute atomic E-state index is 10.6. The molecule has 0 heterocycles. The molecule has 0 rings (SSSR count). The van der Waals surface area contributed by atoms with Gasteiger partial charge in [0.1, 0.15) is 0 Å². The summed E-state index contributed by atoms with van der Waals surface area (Å²) >= 11 is 0. The van der Waals surface area contributed by atoms with Crippen LogP contribution < -0.4 is 10.6 Å². The van der Waals surface area contributed by atoms with Crippen molar-refractivity contribution in [3.05, 3.63) is 0 Å². The van der Waals surface area contributed by atoms with Crippen LogP contribution in [0.1, 0.15) is 13.8 Å². The second-order valence-electron chi connectivity index (χ2n) is 1.87. The Morgan fingerprint density at radius 3 is 1.58 bits per heavy atom. The molecule has 0 radical (unpaired) electrons. The largest absolute Gasteiger partial charge is 0.359 e. The van der Waals surface area contributed by atoms with Crippen molar-refractivity contribution < 1.29 is 9.59 Å². The molecule has 0 aromatic carbocycles. The molecular formula is C6H12N4O2. The van der Waals surface area contributed by atoms with Gasteiger partial charge in [-0.1, -0.05) is 10.2 Å². The van der Waals surface area contributed by atoms with Crippen molar-refractivity contribution in [2.45, 2.75) is 13.8 Å². The van der Waals surface area contributed by atoms with Crippen molar-refractivity contribution in [2.75, 3.05) is 13.1 Å². The molecule has 0 aliphatic heterocycles. The number of nitrogens with zero attached hydrogens (tertiary/aromatic N) is 2. The van der Waals surface area contributed by atoms with Gasteiger partial charge in [-0.2, -0.15) is 0 Å². The summed E-state index contributed by atoms with van der Waals surface area (Å²) in [7, 11) is 0. The van der Waals surface area contributed by atoms with E-state index in [2.05, 4.69) is 20.9 Å². The summed E-state index contributed by atoms with van der Waals surface area (Å²) in [6, 6.07) is -1.22. The average molecular weight is 172 g/mol. The molecule has 0 atom stereocenters. The fourth-order valence-corrected chi connectivity index (χ4v) is 0.464. The number of carbonyl (C=O) groups is 2. The molecule has 0 saturated carbocycles. The Morgan fingerprint density at radius 2 is 1.33 bits per heavy atom. The van der Waals surface area contributed by atoms with Crippen molar-refractivity contribution in [1.82, 2.24) is 10.6 Å². The van der Waals surface area contributed by atoms with E-state index in [0.717, 1.165) is 0 Å². The molecule has 0 saturated heterocycles. The molecule has 68 valence electrons. The number of hydrogen-bond acceptors (Lipinski definition) is 2. The summed E-state index contributed by atoms with van der Waals surface area (Å²) < 4.78 is 0. The van der Waals surface area contributed by atoms with E-state index in [1.165, 1.54) is 0 Å². The fourth-order valence-electron chi connectivity index (χ4n) is 0.464. The zero-order valence-corrected chi connectivity index (χ0v) is 7.13. The standard InChI is InChI=1S/C6H12N4O2/c1-3-7-5(11)9-10-6(12)8-4-2/h3-4H2,1-2H3,(H,7,11)(H,8,12)/b10-9+. The van der Waals surface area contributed by atoms with Crippen LogP contribution in [-0.4, -0.2) is 25.2 Å². The van der Waals surface area contributed by atoms with Crippen molar-refractivity contribution in [3.63, 3.8) is 0 Å². The van der Waals surface area contributed by atoms with Crippen LogP contribution in [-0.2, 0) is 0 Å². The molecule has 0 aromatic rings. The molecule has 2 N–H and O–H groups in total. The van der Waals surface area contributed by atoms with Crippen LogP contribution in [0.5, 0.6) is 0 Å². The lowest BCUT2D eigenvalue weighted by Crippen LogP contribution is -2.21. The molecule has 0 bridgehead atoms. The van der Waals surface area contributed by atoms with Crippen LogP contribution in [0.3, 0.4) is 0 Å². The lowest BCUT2D eigenvalue weighted by atomic mass is 10.7. The second kappa shape index (κ2) is 6.26. The van der Waals surface area contributed by atoms with E-state index < -0.39 is 12.1 Å². The lowest BCUT2D eigenvalue weighted by Gasteiger charge is -1.93. The summed E-state index contributed by atoms with van der Waals surface area (Å²) in [5.41, 5.74) is 0. The summed E-state index contributed by atoms with van der Waals surface area (Å²) in [6.07, 6.45) is 0. The second-order valence-corrected chi connectivity index (χ2v) is 1.87. The van der Waals surface area contributed by atoms with Gasteiger partial charge >= 0.3 is 12.1 Å². The smallest absolute Gasteiger partial charge is 0.335 e. The first-order valence-corrected chi connectivity index (χ1v) is 3.68. The Kier molecular flexibility index (Phi) is 5.50. The van der Waals surface area contributed by atoms with E-state index >= 15 is 0 Å². The highest BCUT2D eigenvalue weighted by Gasteiger charge is 1.97. The van der Waals surface area contributed by atoms with Crippen LogP contribution in [0.15, 0.2) is 10.2 Å². The third kappa shape index (κ3) is 5.33. The third-order valence-corrected chi connectivity index (χ3v) is 0.888. The van der Waals surface area contributed by atoms with Crippen LogP contribution in [0.2, 0.25) is 0 Å². The van der Waals surface area contributed by atoms with Gasteiger partial charge in [0.25, 0.3) is 0 Å². The Balaban J connectivity index is 3.73. The number of amides is 4. The van der Waals surface area contributed by atoms with Crippen molar-refractivity contribution in [3.8, 4) is 0 Å². The Morgan fingerprint density at radius 1 is 1.00 bits per heavy atom. The fraction of sp³-hybridized carbons (Fsp3) is 0.667. The van der Waals surface area contributed by atoms with Gasteiger partial charge in [0.05, 0.1) is 0 Å². The highest BCUT2D eigenvalue weighted by Crippen LogP contribution is 1.79. The van der Waals surface area contributed by atoms with Gasteiger partial charge in [-0.3, -0.25) is 0 Å². The number of nitrogens with one attached hydrogen (secondary N) is 2. The predicted octanol–water partition coefficient (Wildman–Crippen LogP) is 0.898. The molecule has 0 spiro atoms. The first-order chi connectivity index (χ1) is 5.70. The number of azo groups is 1. The Bertz CT molecular complexity index is 170. The third-order valence-electron chi connectivity index (χ3n) is 0.888. The molecule has 12 heavy (non-hydrogen) atoms. The first kappa shape index (κ1) is 10.5. The molecule has 0 fully saturated rings. The monoisotopic (exact) mass is 172 g/mol. The summed E-state index contributed by atoms with van der Waals surface area (Å²) in [4.78, 5) is 21.2. The zero-order chi connectivity index (χ0) is 9.40. The zero-order valence-electron chi connectivity index (χ0n) is 7.13. The molecule has 4 amide bonds. The van der Waals surface area contributed by atoms with E-state index in [1.807, 2.05) is 0 Å². The average Bonchev–Trinajstić information content (AvgIpc) is 2.02. The maximum atomic E-state index is 10.6. The maximum Gasteiger partial charge on any atom is 0.359 e. The van der Waals surface area contributed by atoms with Crippen LogP contribution in [0, 0.1) is 0 Å². The highest BCUT2D eigenvalue weighted by molar-refractivity contribution is 5.79. The van der Waals surface area contributed by atoms with E-state index in [1.54, 1.807) is 13.8 Å². The van der Waals surface area contributed by atoms with Gasteiger partial charge < -0.3 is 10.6 Å². The van der Waals surface area contributed by atoms with E-state index in [-0.39, 0.29) is 0 Å². The number of rotatable bonds is 2. The number of carbonyl (C=O) groups excluding carboxylic acids is 2. The van der Waals surface area contributed by atoms with E-state index in [9.17, 15) is 9.59 Å². The van der Waals surface area contributed by atoms with Crippen molar-refractivity contribution >= 4 is 12.1 Å². The molecule has 0 aliphatic carbocycles. The molecular weight excluding hydrogens is 160 g/mol. The molecule has 0 aliphatic rings. The summed E-state index contributed by atoms with van der Waals surface area (Å²) in [5.74, 6) is 0. The van der Waals surface area contributed by atoms with Gasteiger partial charge in [0.2, 0.25) is 0 Å². The van der Waals surface area contributed by atoms with Gasteiger partial charge in [-0.05, 0) is 13.8 Å². The Hall–Kier alpha value is -1.46. The quantitative estimate of drug-likeness (QED) is 0.606.